The number of nitrogens with one attached hydrogen (secondary N) is 1. The second-order valence-electron chi connectivity index (χ2n) is 3.64. The molecule has 5 nitrogen and oxygen atoms in total. The van der Waals surface area contributed by atoms with Gasteiger partial charge in [-0.15, -0.1) is 0 Å². The van der Waals surface area contributed by atoms with Gasteiger partial charge in [-0.3, -0.25) is 4.79 Å². The van der Waals surface area contributed by atoms with Crippen LogP contribution in [0.15, 0.2) is 12.1 Å². The van der Waals surface area contributed by atoms with Crippen LogP contribution in [0.1, 0.15) is 10.5 Å². The van der Waals surface area contributed by atoms with Crippen molar-refractivity contribution in [3.8, 4) is 0 Å². The molecule has 2 N–H and O–H groups in total. The van der Waals surface area contributed by atoms with Gasteiger partial charge >= 0.3 is 0 Å². The van der Waals surface area contributed by atoms with E-state index >= 15 is 0 Å². The molecule has 0 bridgehead atoms. The van der Waals surface area contributed by atoms with E-state index in [1.165, 1.54) is 6.07 Å². The molecule has 0 fully saturated rings. The molecule has 0 aliphatic heterocycles. The lowest BCUT2D eigenvalue weighted by atomic mass is 10.3. The van der Waals surface area contributed by atoms with Crippen LogP contribution in [0.4, 0.5) is 14.6 Å². The Labute approximate surface area is 114 Å². The highest BCUT2D eigenvalue weighted by Crippen LogP contribution is 2.18. The lowest BCUT2D eigenvalue weighted by Crippen LogP contribution is -2.37. The lowest BCUT2D eigenvalue weighted by molar-refractivity contribution is 0.0504. The van der Waals surface area contributed by atoms with Crippen LogP contribution in [0.2, 0.25) is 5.02 Å². The van der Waals surface area contributed by atoms with Gasteiger partial charge in [0.1, 0.15) is 11.5 Å². The molecule has 0 spiro atoms. The van der Waals surface area contributed by atoms with Gasteiger partial charge in [-0.2, -0.15) is 0 Å². The number of nitrogens with zero attached hydrogens (tertiary/aromatic N) is 2. The molecule has 0 aromatic carbocycles. The van der Waals surface area contributed by atoms with Gasteiger partial charge in [-0.1, -0.05) is 11.6 Å². The summed E-state index contributed by atoms with van der Waals surface area (Å²) in [4.78, 5) is 16.8. The maximum Gasteiger partial charge on any atom is 0.274 e. The first-order valence-corrected chi connectivity index (χ1v) is 5.90. The number of hydrogen-bond donors (Lipinski definition) is 2. The quantitative estimate of drug-likeness (QED) is 0.834. The van der Waals surface area contributed by atoms with Gasteiger partial charge in [0, 0.05) is 13.6 Å². The molecule has 0 unspecified atom stereocenters. The van der Waals surface area contributed by atoms with Crippen LogP contribution in [-0.2, 0) is 0 Å². The molecule has 0 aliphatic carbocycles. The average Bonchev–Trinajstić information content (AvgIpc) is 2.37. The van der Waals surface area contributed by atoms with Crippen LogP contribution in [-0.4, -0.2) is 54.1 Å². The van der Waals surface area contributed by atoms with E-state index in [1.54, 1.807) is 13.1 Å². The summed E-state index contributed by atoms with van der Waals surface area (Å²) >= 11 is 5.84. The molecular weight excluding hydrogens is 280 g/mol. The molecule has 1 rings (SSSR count). The van der Waals surface area contributed by atoms with Crippen molar-refractivity contribution in [3.05, 3.63) is 22.8 Å². The van der Waals surface area contributed by atoms with Crippen LogP contribution < -0.4 is 5.32 Å². The third kappa shape index (κ3) is 4.29. The fourth-order valence-corrected chi connectivity index (χ4v) is 1.63. The number of amides is 1. The number of carbonyl (C=O) groups excluding carboxylic acids is 1. The number of alkyl halides is 2. The first-order chi connectivity index (χ1) is 8.99. The SMILES string of the molecule is CNc1ccc(Cl)c(C(=O)N(CCO)CC(F)F)n1. The Balaban J connectivity index is 3.01. The number of carbonyl (C=O) groups is 1. The van der Waals surface area contributed by atoms with Gasteiger partial charge in [-0.25, -0.2) is 13.8 Å². The standard InChI is InChI=1S/C11H14ClF2N3O2/c1-15-9-3-2-7(12)10(16-9)11(19)17(4-5-18)6-8(13)14/h2-3,8,18H,4-6H2,1H3,(H,15,16). The first kappa shape index (κ1) is 15.6. The van der Waals surface area contributed by atoms with Crippen molar-refractivity contribution < 1.29 is 18.7 Å². The Morgan fingerprint density at radius 3 is 2.79 bits per heavy atom. The highest BCUT2D eigenvalue weighted by molar-refractivity contribution is 6.33. The van der Waals surface area contributed by atoms with Crippen molar-refractivity contribution in [2.45, 2.75) is 6.43 Å². The van der Waals surface area contributed by atoms with E-state index in [2.05, 4.69) is 10.3 Å². The molecule has 0 saturated heterocycles. The minimum Gasteiger partial charge on any atom is -0.395 e. The zero-order valence-electron chi connectivity index (χ0n) is 10.2. The molecule has 1 aromatic heterocycles. The largest absolute Gasteiger partial charge is 0.395 e. The second-order valence-corrected chi connectivity index (χ2v) is 4.05. The summed E-state index contributed by atoms with van der Waals surface area (Å²) in [7, 11) is 1.61. The van der Waals surface area contributed by atoms with E-state index in [0.717, 1.165) is 4.90 Å². The topological polar surface area (TPSA) is 65.5 Å². The van der Waals surface area contributed by atoms with Crippen molar-refractivity contribution in [1.82, 2.24) is 9.88 Å². The van der Waals surface area contributed by atoms with E-state index in [4.69, 9.17) is 16.7 Å². The van der Waals surface area contributed by atoms with Crippen LogP contribution in [0.3, 0.4) is 0 Å². The van der Waals surface area contributed by atoms with Crippen LogP contribution in [0, 0.1) is 0 Å². The molecular formula is C11H14ClF2N3O2. The summed E-state index contributed by atoms with van der Waals surface area (Å²) < 4.78 is 24.8. The number of aliphatic hydroxyl groups is 1. The van der Waals surface area contributed by atoms with Gasteiger partial charge in [0.05, 0.1) is 18.2 Å². The van der Waals surface area contributed by atoms with Crippen LogP contribution in [0.25, 0.3) is 0 Å². The summed E-state index contributed by atoms with van der Waals surface area (Å²) in [5.41, 5.74) is -0.123. The molecule has 1 aromatic rings. The Kier molecular flexibility index (Phi) is 5.91. The highest BCUT2D eigenvalue weighted by Gasteiger charge is 2.22. The Bertz CT molecular complexity index is 446. The zero-order chi connectivity index (χ0) is 14.4. The number of halogens is 3. The molecule has 0 atom stereocenters. The fraction of sp³-hybridized carbons (Fsp3) is 0.455. The fourth-order valence-electron chi connectivity index (χ4n) is 1.44. The van der Waals surface area contributed by atoms with Crippen LogP contribution >= 0.6 is 11.6 Å². The maximum absolute atomic E-state index is 12.4. The number of rotatable bonds is 6. The van der Waals surface area contributed by atoms with Gasteiger partial charge in [0.25, 0.3) is 12.3 Å². The van der Waals surface area contributed by atoms with Gasteiger partial charge in [-0.05, 0) is 12.1 Å². The molecule has 1 amide bonds. The van der Waals surface area contributed by atoms with E-state index in [1.807, 2.05) is 0 Å². The number of aromatic nitrogens is 1. The van der Waals surface area contributed by atoms with Crippen LogP contribution in [0.5, 0.6) is 0 Å². The normalized spacial score (nSPS) is 10.6. The summed E-state index contributed by atoms with van der Waals surface area (Å²) in [6.45, 7) is -1.39. The minimum atomic E-state index is -2.69. The number of pyridine rings is 1. The summed E-state index contributed by atoms with van der Waals surface area (Å²) in [6, 6.07) is 3.01. The van der Waals surface area contributed by atoms with Crippen molar-refractivity contribution in [1.29, 1.82) is 0 Å². The van der Waals surface area contributed by atoms with Crippen molar-refractivity contribution in [3.63, 3.8) is 0 Å². The molecule has 106 valence electrons. The summed E-state index contributed by atoms with van der Waals surface area (Å²) in [5, 5.41) is 11.6. The second kappa shape index (κ2) is 7.20. The van der Waals surface area contributed by atoms with Crippen molar-refractivity contribution in [2.24, 2.45) is 0 Å². The predicted molar refractivity (Wildman–Crippen MR) is 67.8 cm³/mol. The molecule has 19 heavy (non-hydrogen) atoms. The molecule has 0 radical (unpaired) electrons. The van der Waals surface area contributed by atoms with Gasteiger partial charge < -0.3 is 15.3 Å². The predicted octanol–water partition coefficient (Wildman–Crippen LogP) is 1.48. The molecule has 1 heterocycles. The van der Waals surface area contributed by atoms with Gasteiger partial charge in [0.15, 0.2) is 0 Å². The summed E-state index contributed by atoms with van der Waals surface area (Å²) in [5.74, 6) is -0.342. The molecule has 0 saturated carbocycles. The third-order valence-corrected chi connectivity index (χ3v) is 2.63. The minimum absolute atomic E-state index is 0.0706. The van der Waals surface area contributed by atoms with E-state index in [0.29, 0.717) is 5.82 Å². The third-order valence-electron chi connectivity index (χ3n) is 2.32. The van der Waals surface area contributed by atoms with Gasteiger partial charge in [0.2, 0.25) is 0 Å². The summed E-state index contributed by atoms with van der Waals surface area (Å²) in [6.07, 6.45) is -2.69. The Morgan fingerprint density at radius 1 is 1.58 bits per heavy atom. The maximum atomic E-state index is 12.4. The first-order valence-electron chi connectivity index (χ1n) is 5.52. The Hall–Kier alpha value is -1.47. The lowest BCUT2D eigenvalue weighted by Gasteiger charge is -2.21. The average molecular weight is 294 g/mol. The molecule has 8 heteroatoms. The van der Waals surface area contributed by atoms with E-state index < -0.39 is 25.5 Å². The zero-order valence-corrected chi connectivity index (χ0v) is 11.0. The van der Waals surface area contributed by atoms with Crippen molar-refractivity contribution >= 4 is 23.3 Å². The van der Waals surface area contributed by atoms with E-state index in [-0.39, 0.29) is 17.3 Å². The number of anilines is 1. The molecule has 0 aliphatic rings. The monoisotopic (exact) mass is 293 g/mol. The van der Waals surface area contributed by atoms with Crippen molar-refractivity contribution in [2.75, 3.05) is 32.1 Å². The number of aliphatic hydroxyl groups excluding tert-OH is 1. The smallest absolute Gasteiger partial charge is 0.274 e. The van der Waals surface area contributed by atoms with E-state index in [9.17, 15) is 13.6 Å². The number of hydrogen-bond acceptors (Lipinski definition) is 4. The Morgan fingerprint density at radius 2 is 2.26 bits per heavy atom. The highest BCUT2D eigenvalue weighted by atomic mass is 35.5.